The first-order valence-electron chi connectivity index (χ1n) is 5.50. The molecule has 0 spiro atoms. The molecule has 0 rings (SSSR count). The molecule has 2 atom stereocenters. The summed E-state index contributed by atoms with van der Waals surface area (Å²) in [6.07, 6.45) is 0.161. The molecule has 0 aliphatic carbocycles. The predicted molar refractivity (Wildman–Crippen MR) is 62.9 cm³/mol. The van der Waals surface area contributed by atoms with Gasteiger partial charge in [0, 0.05) is 11.5 Å². The van der Waals surface area contributed by atoms with Gasteiger partial charge in [0.05, 0.1) is 5.92 Å². The van der Waals surface area contributed by atoms with Crippen molar-refractivity contribution in [2.24, 2.45) is 11.8 Å². The summed E-state index contributed by atoms with van der Waals surface area (Å²) in [5, 5.41) is 0. The normalized spacial score (nSPS) is 14.9. The van der Waals surface area contributed by atoms with E-state index in [2.05, 4.69) is 6.58 Å². The van der Waals surface area contributed by atoms with Gasteiger partial charge >= 0.3 is 0 Å². The van der Waals surface area contributed by atoms with Crippen molar-refractivity contribution in [2.75, 3.05) is 0 Å². The number of halogens is 2. The fraction of sp³-hybridized carbons (Fsp3) is 0.538. The highest BCUT2D eigenvalue weighted by Gasteiger charge is 2.27. The number of allylic oxidation sites excluding steroid dienone is 3. The zero-order valence-corrected chi connectivity index (χ0v) is 10.4. The van der Waals surface area contributed by atoms with Crippen LogP contribution >= 0.6 is 0 Å². The largest absolute Gasteiger partial charge is 0.298 e. The van der Waals surface area contributed by atoms with Gasteiger partial charge in [0.15, 0.2) is 5.78 Å². The molecule has 0 saturated carbocycles. The molecule has 96 valence electrons. The van der Waals surface area contributed by atoms with Gasteiger partial charge in [-0.2, -0.15) is 0 Å². The predicted octanol–water partition coefficient (Wildman–Crippen LogP) is 3.18. The first kappa shape index (κ1) is 15.7. The van der Waals surface area contributed by atoms with Crippen LogP contribution in [0.4, 0.5) is 8.78 Å². The Bertz CT molecular complexity index is 332. The lowest BCUT2D eigenvalue weighted by Crippen LogP contribution is -2.24. The fourth-order valence-corrected chi connectivity index (χ4v) is 1.28. The van der Waals surface area contributed by atoms with Gasteiger partial charge in [0.2, 0.25) is 0 Å². The van der Waals surface area contributed by atoms with E-state index >= 15 is 0 Å². The standard InChI is InChI=1S/C13H18F2O2/c1-5-8(2)12(17)11(7-6-9(3)16)10(4)13(14)15/h6-8,11,13H,4-5H2,1-3H3/b7-6+/t8?,11-/m0/s1. The van der Waals surface area contributed by atoms with Gasteiger partial charge in [0.1, 0.15) is 5.78 Å². The minimum Gasteiger partial charge on any atom is -0.298 e. The number of hydrogen-bond acceptors (Lipinski definition) is 2. The lowest BCUT2D eigenvalue weighted by Gasteiger charge is -2.17. The number of alkyl halides is 2. The zero-order valence-electron chi connectivity index (χ0n) is 10.4. The van der Waals surface area contributed by atoms with E-state index in [1.54, 1.807) is 13.8 Å². The van der Waals surface area contributed by atoms with E-state index in [9.17, 15) is 18.4 Å². The van der Waals surface area contributed by atoms with E-state index in [0.29, 0.717) is 6.42 Å². The number of Topliss-reactive ketones (excluding diaryl/α,β-unsaturated/α-hetero) is 1. The minimum absolute atomic E-state index is 0.283. The Labute approximate surface area is 100 Å². The number of carbonyl (C=O) groups excluding carboxylic acids is 2. The summed E-state index contributed by atoms with van der Waals surface area (Å²) in [5.74, 6) is -2.01. The summed E-state index contributed by atoms with van der Waals surface area (Å²) in [6, 6.07) is 0. The van der Waals surface area contributed by atoms with Crippen LogP contribution in [0.15, 0.2) is 24.3 Å². The van der Waals surface area contributed by atoms with E-state index < -0.39 is 17.9 Å². The van der Waals surface area contributed by atoms with Gasteiger partial charge in [-0.15, -0.1) is 0 Å². The summed E-state index contributed by atoms with van der Waals surface area (Å²) in [6.45, 7) is 8.02. The molecule has 0 aromatic carbocycles. The Morgan fingerprint density at radius 3 is 2.24 bits per heavy atom. The second-order valence-electron chi connectivity index (χ2n) is 4.03. The molecule has 0 N–H and O–H groups in total. The summed E-state index contributed by atoms with van der Waals surface area (Å²) < 4.78 is 25.1. The molecule has 0 aliphatic heterocycles. The van der Waals surface area contributed by atoms with Crippen molar-refractivity contribution in [1.82, 2.24) is 0 Å². The maximum Gasteiger partial charge on any atom is 0.260 e. The van der Waals surface area contributed by atoms with E-state index in [1.165, 1.54) is 13.0 Å². The highest BCUT2D eigenvalue weighted by Crippen LogP contribution is 2.23. The number of carbonyl (C=O) groups is 2. The Morgan fingerprint density at radius 2 is 1.88 bits per heavy atom. The van der Waals surface area contributed by atoms with Crippen molar-refractivity contribution in [1.29, 1.82) is 0 Å². The first-order valence-corrected chi connectivity index (χ1v) is 5.50. The third-order valence-corrected chi connectivity index (χ3v) is 2.61. The van der Waals surface area contributed by atoms with Crippen LogP contribution in [0.1, 0.15) is 27.2 Å². The topological polar surface area (TPSA) is 34.1 Å². The Kier molecular flexibility index (Phi) is 6.54. The van der Waals surface area contributed by atoms with Crippen molar-refractivity contribution in [3.8, 4) is 0 Å². The molecule has 0 bridgehead atoms. The molecule has 0 fully saturated rings. The molecule has 0 aliphatic rings. The van der Waals surface area contributed by atoms with Gasteiger partial charge in [0.25, 0.3) is 6.43 Å². The van der Waals surface area contributed by atoms with Crippen LogP contribution in [-0.4, -0.2) is 18.0 Å². The van der Waals surface area contributed by atoms with E-state index in [-0.39, 0.29) is 17.5 Å². The lowest BCUT2D eigenvalue weighted by atomic mass is 9.87. The third kappa shape index (κ3) is 5.02. The number of hydrogen-bond donors (Lipinski definition) is 0. The van der Waals surface area contributed by atoms with Gasteiger partial charge in [-0.1, -0.05) is 26.5 Å². The molecule has 2 nitrogen and oxygen atoms in total. The van der Waals surface area contributed by atoms with Crippen LogP contribution < -0.4 is 0 Å². The second kappa shape index (κ2) is 7.09. The van der Waals surface area contributed by atoms with Crippen molar-refractivity contribution >= 4 is 11.6 Å². The van der Waals surface area contributed by atoms with Crippen LogP contribution in [0.2, 0.25) is 0 Å². The van der Waals surface area contributed by atoms with Gasteiger partial charge in [-0.25, -0.2) is 8.78 Å². The molecule has 0 amide bonds. The van der Waals surface area contributed by atoms with Crippen LogP contribution in [0.5, 0.6) is 0 Å². The van der Waals surface area contributed by atoms with E-state index in [0.717, 1.165) is 6.08 Å². The molecule has 0 radical (unpaired) electrons. The zero-order chi connectivity index (χ0) is 13.6. The van der Waals surface area contributed by atoms with Crippen LogP contribution in [-0.2, 0) is 9.59 Å². The Hall–Kier alpha value is -1.32. The summed E-state index contributed by atoms with van der Waals surface area (Å²) in [5.41, 5.74) is -0.451. The van der Waals surface area contributed by atoms with Gasteiger partial charge in [-0.3, -0.25) is 9.59 Å². The van der Waals surface area contributed by atoms with Gasteiger partial charge < -0.3 is 0 Å². The van der Waals surface area contributed by atoms with E-state index in [4.69, 9.17) is 0 Å². The van der Waals surface area contributed by atoms with Crippen LogP contribution in [0.25, 0.3) is 0 Å². The van der Waals surface area contributed by atoms with Crippen molar-refractivity contribution in [2.45, 2.75) is 33.6 Å². The molecular weight excluding hydrogens is 226 g/mol. The summed E-state index contributed by atoms with van der Waals surface area (Å²) >= 11 is 0. The molecule has 0 aromatic rings. The van der Waals surface area contributed by atoms with Gasteiger partial charge in [-0.05, 0) is 19.4 Å². The Balaban J connectivity index is 5.04. The third-order valence-electron chi connectivity index (χ3n) is 2.61. The van der Waals surface area contributed by atoms with Crippen LogP contribution in [0.3, 0.4) is 0 Å². The number of ketones is 2. The Morgan fingerprint density at radius 1 is 1.35 bits per heavy atom. The van der Waals surface area contributed by atoms with Crippen LogP contribution in [0, 0.1) is 11.8 Å². The minimum atomic E-state index is -2.76. The monoisotopic (exact) mass is 244 g/mol. The molecule has 0 aromatic heterocycles. The SMILES string of the molecule is C=C(C(F)F)[C@H](/C=C/C(C)=O)C(=O)C(C)CC. The maximum absolute atomic E-state index is 12.6. The second-order valence-corrected chi connectivity index (χ2v) is 4.03. The summed E-state index contributed by atoms with van der Waals surface area (Å²) in [4.78, 5) is 22.7. The van der Waals surface area contributed by atoms with Crippen molar-refractivity contribution < 1.29 is 18.4 Å². The molecule has 1 unspecified atom stereocenters. The average molecular weight is 244 g/mol. The lowest BCUT2D eigenvalue weighted by molar-refractivity contribution is -0.124. The van der Waals surface area contributed by atoms with Crippen molar-refractivity contribution in [3.63, 3.8) is 0 Å². The molecule has 0 heterocycles. The highest BCUT2D eigenvalue weighted by atomic mass is 19.3. The molecule has 17 heavy (non-hydrogen) atoms. The quantitative estimate of drug-likeness (QED) is 0.509. The van der Waals surface area contributed by atoms with E-state index in [1.807, 2.05) is 0 Å². The fourth-order valence-electron chi connectivity index (χ4n) is 1.28. The number of rotatable bonds is 7. The molecular formula is C13H18F2O2. The highest BCUT2D eigenvalue weighted by molar-refractivity contribution is 5.91. The average Bonchev–Trinajstić information content (AvgIpc) is 2.26. The van der Waals surface area contributed by atoms with Crippen molar-refractivity contribution in [3.05, 3.63) is 24.3 Å². The molecule has 4 heteroatoms. The molecule has 0 saturated heterocycles. The summed E-state index contributed by atoms with van der Waals surface area (Å²) in [7, 11) is 0. The smallest absolute Gasteiger partial charge is 0.260 e. The first-order chi connectivity index (χ1) is 7.81. The maximum atomic E-state index is 12.6.